The van der Waals surface area contributed by atoms with Gasteiger partial charge in [-0.3, -0.25) is 14.7 Å². The van der Waals surface area contributed by atoms with Gasteiger partial charge in [-0.2, -0.15) is 0 Å². The quantitative estimate of drug-likeness (QED) is 0.802. The van der Waals surface area contributed by atoms with Crippen LogP contribution in [0.15, 0.2) is 18.3 Å². The van der Waals surface area contributed by atoms with E-state index < -0.39 is 5.54 Å². The minimum absolute atomic E-state index is 0.0916. The topological polar surface area (TPSA) is 88.3 Å². The Morgan fingerprint density at radius 1 is 1.35 bits per heavy atom. The van der Waals surface area contributed by atoms with Crippen LogP contribution in [0.3, 0.4) is 0 Å². The number of urea groups is 1. The van der Waals surface area contributed by atoms with Crippen molar-refractivity contribution in [3.8, 4) is 0 Å². The molecule has 1 saturated carbocycles. The standard InChI is InChI=1S/C14H18N4O2/c15-8-11-7-10(3-6-16-11)9-18-12(19)14(17-13(18)20)4-1-2-5-14/h3,6-7H,1-2,4-5,8-9,15H2,(H,17,20). The minimum Gasteiger partial charge on any atom is -0.325 e. The first-order chi connectivity index (χ1) is 9.64. The number of carbonyl (C=O) groups excluding carboxylic acids is 2. The molecule has 2 heterocycles. The highest BCUT2D eigenvalue weighted by atomic mass is 16.2. The monoisotopic (exact) mass is 274 g/mol. The Kier molecular flexibility index (Phi) is 3.17. The van der Waals surface area contributed by atoms with E-state index in [-0.39, 0.29) is 18.5 Å². The van der Waals surface area contributed by atoms with E-state index in [0.717, 1.165) is 36.9 Å². The third kappa shape index (κ3) is 2.06. The maximum Gasteiger partial charge on any atom is 0.325 e. The van der Waals surface area contributed by atoms with E-state index in [4.69, 9.17) is 5.73 Å². The number of pyridine rings is 1. The summed E-state index contributed by atoms with van der Waals surface area (Å²) in [6, 6.07) is 3.35. The Morgan fingerprint density at radius 3 is 2.80 bits per heavy atom. The number of nitrogens with one attached hydrogen (secondary N) is 1. The Morgan fingerprint density at radius 2 is 2.10 bits per heavy atom. The molecule has 1 aromatic rings. The molecule has 20 heavy (non-hydrogen) atoms. The molecule has 2 fully saturated rings. The summed E-state index contributed by atoms with van der Waals surface area (Å²) in [6.45, 7) is 0.625. The molecule has 0 atom stereocenters. The lowest BCUT2D eigenvalue weighted by molar-refractivity contribution is -0.131. The summed E-state index contributed by atoms with van der Waals surface area (Å²) < 4.78 is 0. The van der Waals surface area contributed by atoms with Gasteiger partial charge in [0.1, 0.15) is 5.54 Å². The second-order valence-corrected chi connectivity index (χ2v) is 5.47. The average molecular weight is 274 g/mol. The Labute approximate surface area is 117 Å². The van der Waals surface area contributed by atoms with Gasteiger partial charge in [-0.1, -0.05) is 12.8 Å². The fourth-order valence-corrected chi connectivity index (χ4v) is 3.06. The van der Waals surface area contributed by atoms with Crippen molar-refractivity contribution in [3.05, 3.63) is 29.6 Å². The zero-order valence-corrected chi connectivity index (χ0v) is 11.3. The minimum atomic E-state index is -0.638. The summed E-state index contributed by atoms with van der Waals surface area (Å²) in [6.07, 6.45) is 5.14. The molecule has 3 N–H and O–H groups in total. The van der Waals surface area contributed by atoms with Crippen LogP contribution >= 0.6 is 0 Å². The highest BCUT2D eigenvalue weighted by molar-refractivity contribution is 6.07. The summed E-state index contributed by atoms with van der Waals surface area (Å²) in [5, 5.41) is 2.88. The van der Waals surface area contributed by atoms with Crippen LogP contribution in [0.2, 0.25) is 0 Å². The van der Waals surface area contributed by atoms with Gasteiger partial charge in [0, 0.05) is 12.7 Å². The number of hydrogen-bond donors (Lipinski definition) is 2. The molecule has 0 radical (unpaired) electrons. The van der Waals surface area contributed by atoms with Crippen LogP contribution in [0.4, 0.5) is 4.79 Å². The van der Waals surface area contributed by atoms with Crippen LogP contribution in [0, 0.1) is 0 Å². The molecule has 1 saturated heterocycles. The highest BCUT2D eigenvalue weighted by Gasteiger charge is 2.52. The second kappa shape index (κ2) is 4.86. The number of nitrogens with zero attached hydrogens (tertiary/aromatic N) is 2. The van der Waals surface area contributed by atoms with Crippen molar-refractivity contribution >= 4 is 11.9 Å². The van der Waals surface area contributed by atoms with Gasteiger partial charge in [-0.05, 0) is 30.5 Å². The molecule has 2 aliphatic rings. The van der Waals surface area contributed by atoms with Crippen molar-refractivity contribution in [2.45, 2.75) is 44.3 Å². The number of rotatable bonds is 3. The lowest BCUT2D eigenvalue weighted by Gasteiger charge is -2.20. The Bertz CT molecular complexity index is 552. The van der Waals surface area contributed by atoms with Gasteiger partial charge < -0.3 is 11.1 Å². The smallest absolute Gasteiger partial charge is 0.325 e. The molecule has 1 aliphatic heterocycles. The van der Waals surface area contributed by atoms with Crippen molar-refractivity contribution in [1.29, 1.82) is 0 Å². The first kappa shape index (κ1) is 13.1. The number of carbonyl (C=O) groups is 2. The van der Waals surface area contributed by atoms with Crippen LogP contribution in [-0.4, -0.2) is 27.4 Å². The molecule has 6 nitrogen and oxygen atoms in total. The van der Waals surface area contributed by atoms with Gasteiger partial charge in [-0.15, -0.1) is 0 Å². The highest BCUT2D eigenvalue weighted by Crippen LogP contribution is 2.35. The van der Waals surface area contributed by atoms with E-state index in [1.165, 1.54) is 4.90 Å². The van der Waals surface area contributed by atoms with Gasteiger partial charge in [-0.25, -0.2) is 4.79 Å². The first-order valence-corrected chi connectivity index (χ1v) is 6.93. The van der Waals surface area contributed by atoms with Crippen LogP contribution in [-0.2, 0) is 17.9 Å². The van der Waals surface area contributed by atoms with Crippen molar-refractivity contribution in [2.24, 2.45) is 5.73 Å². The zero-order chi connectivity index (χ0) is 14.2. The largest absolute Gasteiger partial charge is 0.325 e. The molecule has 6 heteroatoms. The summed E-state index contributed by atoms with van der Waals surface area (Å²) in [4.78, 5) is 30.0. The van der Waals surface area contributed by atoms with E-state index in [0.29, 0.717) is 6.54 Å². The molecule has 1 spiro atoms. The Hall–Kier alpha value is -1.95. The third-order valence-electron chi connectivity index (χ3n) is 4.13. The van der Waals surface area contributed by atoms with E-state index >= 15 is 0 Å². The number of imide groups is 1. The average Bonchev–Trinajstić information content (AvgIpc) is 3.01. The van der Waals surface area contributed by atoms with Crippen LogP contribution in [0.25, 0.3) is 0 Å². The van der Waals surface area contributed by atoms with Gasteiger partial charge in [0.15, 0.2) is 0 Å². The van der Waals surface area contributed by atoms with Crippen molar-refractivity contribution in [3.63, 3.8) is 0 Å². The van der Waals surface area contributed by atoms with Crippen LogP contribution in [0.5, 0.6) is 0 Å². The Balaban J connectivity index is 1.80. The van der Waals surface area contributed by atoms with Crippen LogP contribution < -0.4 is 11.1 Å². The molecule has 0 unspecified atom stereocenters. The maximum atomic E-state index is 12.5. The van der Waals surface area contributed by atoms with Gasteiger partial charge >= 0.3 is 6.03 Å². The summed E-state index contributed by atoms with van der Waals surface area (Å²) >= 11 is 0. The summed E-state index contributed by atoms with van der Waals surface area (Å²) in [5.74, 6) is -0.0916. The van der Waals surface area contributed by atoms with Crippen molar-refractivity contribution < 1.29 is 9.59 Å². The number of nitrogens with two attached hydrogens (primary N) is 1. The van der Waals surface area contributed by atoms with E-state index in [2.05, 4.69) is 10.3 Å². The summed E-state index contributed by atoms with van der Waals surface area (Å²) in [5.41, 5.74) is 6.54. The molecule has 3 amide bonds. The summed E-state index contributed by atoms with van der Waals surface area (Å²) in [7, 11) is 0. The normalized spacial score (nSPS) is 20.8. The molecule has 1 aromatic heterocycles. The number of aromatic nitrogens is 1. The van der Waals surface area contributed by atoms with E-state index in [1.54, 1.807) is 12.3 Å². The third-order valence-corrected chi connectivity index (χ3v) is 4.13. The lowest BCUT2D eigenvalue weighted by Crippen LogP contribution is -2.44. The molecule has 0 bridgehead atoms. The zero-order valence-electron chi connectivity index (χ0n) is 11.3. The fourth-order valence-electron chi connectivity index (χ4n) is 3.06. The predicted octanol–water partition coefficient (Wildman–Crippen LogP) is 0.905. The second-order valence-electron chi connectivity index (χ2n) is 5.47. The molecular formula is C14H18N4O2. The molecule has 3 rings (SSSR count). The van der Waals surface area contributed by atoms with Crippen LogP contribution in [0.1, 0.15) is 36.9 Å². The molecule has 0 aromatic carbocycles. The van der Waals surface area contributed by atoms with E-state index in [1.807, 2.05) is 6.07 Å². The number of amides is 3. The van der Waals surface area contributed by atoms with Crippen molar-refractivity contribution in [2.75, 3.05) is 0 Å². The SMILES string of the molecule is NCc1cc(CN2C(=O)NC3(CCCC3)C2=O)ccn1. The number of hydrogen-bond acceptors (Lipinski definition) is 4. The molecular weight excluding hydrogens is 256 g/mol. The molecule has 1 aliphatic carbocycles. The predicted molar refractivity (Wildman–Crippen MR) is 72.4 cm³/mol. The first-order valence-electron chi connectivity index (χ1n) is 6.93. The van der Waals surface area contributed by atoms with Gasteiger partial charge in [0.25, 0.3) is 5.91 Å². The van der Waals surface area contributed by atoms with Crippen molar-refractivity contribution in [1.82, 2.24) is 15.2 Å². The van der Waals surface area contributed by atoms with Gasteiger partial charge in [0.2, 0.25) is 0 Å². The molecule has 106 valence electrons. The maximum absolute atomic E-state index is 12.5. The fraction of sp³-hybridized carbons (Fsp3) is 0.500. The lowest BCUT2D eigenvalue weighted by atomic mass is 9.98. The van der Waals surface area contributed by atoms with E-state index in [9.17, 15) is 9.59 Å². The van der Waals surface area contributed by atoms with Gasteiger partial charge in [0.05, 0.1) is 12.2 Å².